The second-order valence-corrected chi connectivity index (χ2v) is 8.25. The molecule has 0 aliphatic rings. The minimum absolute atomic E-state index is 0. The van der Waals surface area contributed by atoms with Gasteiger partial charge in [-0.2, -0.15) is 17.5 Å². The SMILES string of the molecule is CC(C)=CC(=COc1ccccc1)c1ccccc1.C[Si]C.[Ti].c1ccc2[cH-]ccc2c1. The van der Waals surface area contributed by atoms with E-state index < -0.39 is 0 Å². The van der Waals surface area contributed by atoms with Crippen LogP contribution in [0.1, 0.15) is 19.4 Å². The third-order valence-electron chi connectivity index (χ3n) is 4.16. The van der Waals surface area contributed by atoms with E-state index in [0.29, 0.717) is 0 Å². The Morgan fingerprint density at radius 3 is 1.94 bits per heavy atom. The second-order valence-electron chi connectivity index (χ2n) is 7.25. The van der Waals surface area contributed by atoms with Gasteiger partial charge < -0.3 is 4.74 Å². The summed E-state index contributed by atoms with van der Waals surface area (Å²) >= 11 is 0. The maximum Gasteiger partial charge on any atom is 0.126 e. The van der Waals surface area contributed by atoms with Gasteiger partial charge in [0.2, 0.25) is 0 Å². The van der Waals surface area contributed by atoms with Crippen LogP contribution in [-0.2, 0) is 21.7 Å². The third kappa shape index (κ3) is 10.2. The predicted molar refractivity (Wildman–Crippen MR) is 138 cm³/mol. The summed E-state index contributed by atoms with van der Waals surface area (Å²) in [7, 11) is 1.08. The fourth-order valence-corrected chi connectivity index (χ4v) is 2.83. The molecule has 3 heteroatoms. The first-order valence-corrected chi connectivity index (χ1v) is 12.4. The van der Waals surface area contributed by atoms with E-state index in [9.17, 15) is 0 Å². The molecular weight excluding hydrogens is 440 g/mol. The Balaban J connectivity index is 0.000000327. The monoisotopic (exact) mass is 471 g/mol. The summed E-state index contributed by atoms with van der Waals surface area (Å²) in [6.45, 7) is 8.47. The van der Waals surface area contributed by atoms with Crippen LogP contribution in [0.25, 0.3) is 16.3 Å². The predicted octanol–water partition coefficient (Wildman–Crippen LogP) is 8.42. The van der Waals surface area contributed by atoms with Crippen LogP contribution in [0.3, 0.4) is 0 Å². The summed E-state index contributed by atoms with van der Waals surface area (Å²) in [5, 5.41) is 2.66. The van der Waals surface area contributed by atoms with Crippen molar-refractivity contribution in [3.63, 3.8) is 0 Å². The molecule has 0 heterocycles. The number of allylic oxidation sites excluding steroid dienone is 3. The molecule has 4 aromatic rings. The van der Waals surface area contributed by atoms with E-state index in [0.717, 1.165) is 26.4 Å². The Kier molecular flexibility index (Phi) is 13.9. The normalized spacial score (nSPS) is 9.94. The van der Waals surface area contributed by atoms with Gasteiger partial charge in [0.1, 0.15) is 5.75 Å². The molecule has 32 heavy (non-hydrogen) atoms. The van der Waals surface area contributed by atoms with Crippen molar-refractivity contribution < 1.29 is 26.5 Å². The first kappa shape index (κ1) is 27.5. The van der Waals surface area contributed by atoms with Gasteiger partial charge in [0, 0.05) is 36.8 Å². The molecule has 0 spiro atoms. The smallest absolute Gasteiger partial charge is 0.126 e. The Labute approximate surface area is 210 Å². The van der Waals surface area contributed by atoms with Crippen molar-refractivity contribution in [2.24, 2.45) is 0 Å². The summed E-state index contributed by atoms with van der Waals surface area (Å²) in [6, 6.07) is 34.7. The van der Waals surface area contributed by atoms with Crippen molar-refractivity contribution in [2.45, 2.75) is 26.9 Å². The number of para-hydroxylation sites is 1. The minimum atomic E-state index is 0. The maximum atomic E-state index is 5.72. The first-order chi connectivity index (χ1) is 15.1. The Bertz CT molecular complexity index is 1030. The zero-order valence-corrected chi connectivity index (χ0v) is 21.9. The summed E-state index contributed by atoms with van der Waals surface area (Å²) < 4.78 is 5.72. The average Bonchev–Trinajstić information content (AvgIpc) is 3.28. The van der Waals surface area contributed by atoms with Crippen LogP contribution in [0.15, 0.2) is 121 Å². The molecule has 0 fully saturated rings. The van der Waals surface area contributed by atoms with Crippen LogP contribution in [-0.4, -0.2) is 9.52 Å². The second kappa shape index (κ2) is 16.2. The fraction of sp³-hybridized carbons (Fsp3) is 0.138. The molecule has 2 radical (unpaired) electrons. The van der Waals surface area contributed by atoms with Crippen LogP contribution in [0.2, 0.25) is 13.1 Å². The minimum Gasteiger partial charge on any atom is -0.464 e. The van der Waals surface area contributed by atoms with Gasteiger partial charge in [0.05, 0.1) is 6.26 Å². The number of hydrogen-bond donors (Lipinski definition) is 0. The number of benzene rings is 3. The van der Waals surface area contributed by atoms with Gasteiger partial charge in [-0.3, -0.25) is 0 Å². The van der Waals surface area contributed by atoms with E-state index in [4.69, 9.17) is 4.74 Å². The maximum absolute atomic E-state index is 5.72. The van der Waals surface area contributed by atoms with E-state index >= 15 is 0 Å². The van der Waals surface area contributed by atoms with Crippen LogP contribution < -0.4 is 4.74 Å². The van der Waals surface area contributed by atoms with Gasteiger partial charge in [-0.1, -0.05) is 79.3 Å². The largest absolute Gasteiger partial charge is 0.464 e. The van der Waals surface area contributed by atoms with Crippen molar-refractivity contribution >= 4 is 25.9 Å². The average molecular weight is 472 g/mol. The van der Waals surface area contributed by atoms with Crippen molar-refractivity contribution in [3.8, 4) is 5.75 Å². The Morgan fingerprint density at radius 1 is 0.781 bits per heavy atom. The van der Waals surface area contributed by atoms with Crippen LogP contribution in [0, 0.1) is 0 Å². The van der Waals surface area contributed by atoms with Crippen LogP contribution >= 0.6 is 0 Å². The molecule has 0 saturated carbocycles. The molecule has 0 aliphatic carbocycles. The van der Waals surface area contributed by atoms with Crippen molar-refractivity contribution in [2.75, 3.05) is 0 Å². The van der Waals surface area contributed by atoms with E-state index in [1.807, 2.05) is 48.5 Å². The Hall–Kier alpha value is -2.52. The molecule has 1 nitrogen and oxygen atoms in total. The molecule has 4 rings (SSSR count). The van der Waals surface area contributed by atoms with Gasteiger partial charge in [0.25, 0.3) is 0 Å². The van der Waals surface area contributed by atoms with Crippen molar-refractivity contribution in [1.82, 2.24) is 0 Å². The summed E-state index contributed by atoms with van der Waals surface area (Å²) in [5.41, 5.74) is 3.47. The number of ether oxygens (including phenoxy) is 1. The van der Waals surface area contributed by atoms with Crippen molar-refractivity contribution in [3.05, 3.63) is 127 Å². The zero-order valence-electron chi connectivity index (χ0n) is 19.4. The summed E-state index contributed by atoms with van der Waals surface area (Å²) in [5.74, 6) is 0.845. The number of fused-ring (bicyclic) bond motifs is 1. The summed E-state index contributed by atoms with van der Waals surface area (Å²) in [6.07, 6.45) is 3.93. The standard InChI is InChI=1S/C18H18O.C9H7.C2H6Si.Ti/c1-15(2)13-17(16-9-5-3-6-10-16)14-19-18-11-7-4-8-12-18;1-2-5-9-7-3-6-8(9)4-1;1-3-2;/h3-14H,1-2H3;1-7H;1-2H3;/q;-1;;. The van der Waals surface area contributed by atoms with E-state index in [-0.39, 0.29) is 21.7 Å². The van der Waals surface area contributed by atoms with Gasteiger partial charge in [-0.05, 0) is 31.5 Å². The van der Waals surface area contributed by atoms with E-state index in [1.54, 1.807) is 6.26 Å². The first-order valence-electron chi connectivity index (χ1n) is 10.4. The molecule has 0 aliphatic heterocycles. The number of hydrogen-bond acceptors (Lipinski definition) is 1. The van der Waals surface area contributed by atoms with Gasteiger partial charge in [0.15, 0.2) is 0 Å². The molecular formula is C29H31OSiTi-. The molecule has 0 saturated heterocycles. The van der Waals surface area contributed by atoms with Crippen LogP contribution in [0.4, 0.5) is 0 Å². The van der Waals surface area contributed by atoms with Gasteiger partial charge in [-0.25, -0.2) is 0 Å². The Morgan fingerprint density at radius 2 is 1.34 bits per heavy atom. The molecule has 162 valence electrons. The van der Waals surface area contributed by atoms with Gasteiger partial charge >= 0.3 is 0 Å². The fourth-order valence-electron chi connectivity index (χ4n) is 2.83. The quantitative estimate of drug-likeness (QED) is 0.126. The molecule has 0 aromatic heterocycles. The zero-order chi connectivity index (χ0) is 22.3. The number of rotatable bonds is 4. The van der Waals surface area contributed by atoms with E-state index in [1.165, 1.54) is 16.3 Å². The topological polar surface area (TPSA) is 9.23 Å². The summed E-state index contributed by atoms with van der Waals surface area (Å²) in [4.78, 5) is 0. The molecule has 4 aromatic carbocycles. The third-order valence-corrected chi connectivity index (χ3v) is 4.16. The molecule has 0 amide bonds. The van der Waals surface area contributed by atoms with Crippen LogP contribution in [0.5, 0.6) is 5.75 Å². The van der Waals surface area contributed by atoms with Crippen molar-refractivity contribution in [1.29, 1.82) is 0 Å². The molecule has 0 atom stereocenters. The van der Waals surface area contributed by atoms with Gasteiger partial charge in [-0.15, -0.1) is 29.7 Å². The molecule has 0 bridgehead atoms. The molecule has 0 N–H and O–H groups in total. The van der Waals surface area contributed by atoms with E-state index in [2.05, 4.69) is 87.6 Å². The molecule has 0 unspecified atom stereocenters.